The van der Waals surface area contributed by atoms with Crippen LogP contribution in [-0.4, -0.2) is 23.0 Å². The van der Waals surface area contributed by atoms with Crippen LogP contribution in [0.4, 0.5) is 5.82 Å². The average molecular weight is 508 g/mol. The summed E-state index contributed by atoms with van der Waals surface area (Å²) in [6, 6.07) is 16.5. The first-order valence-electron chi connectivity index (χ1n) is 14.5. The van der Waals surface area contributed by atoms with Crippen LogP contribution >= 0.6 is 0 Å². The molecule has 4 saturated carbocycles. The third kappa shape index (κ3) is 4.50. The third-order valence-corrected chi connectivity index (χ3v) is 9.69. The minimum atomic E-state index is 0.0239. The van der Waals surface area contributed by atoms with Gasteiger partial charge in [0.1, 0.15) is 5.75 Å². The number of hydrogen-bond donors (Lipinski definition) is 1. The van der Waals surface area contributed by atoms with Crippen molar-refractivity contribution in [3.05, 3.63) is 71.0 Å². The number of methoxy groups -OCH3 is 1. The van der Waals surface area contributed by atoms with Crippen LogP contribution in [0, 0.1) is 23.2 Å². The first kappa shape index (κ1) is 23.9. The molecule has 1 heterocycles. The molecule has 0 radical (unpaired) electrons. The lowest BCUT2D eigenvalue weighted by Crippen LogP contribution is -2.47. The van der Waals surface area contributed by atoms with E-state index >= 15 is 0 Å². The van der Waals surface area contributed by atoms with Gasteiger partial charge in [-0.3, -0.25) is 4.79 Å². The SMILES string of the molecule is COc1ccc2c(c1)CCc1nc(NC(=O)CCc3ccccc3)c(CC34CC5CC(CC(C5)C3)C4)nc1-2. The lowest BCUT2D eigenvalue weighted by molar-refractivity contribution is -0.116. The van der Waals surface area contributed by atoms with Crippen molar-refractivity contribution < 1.29 is 9.53 Å². The van der Waals surface area contributed by atoms with E-state index in [4.69, 9.17) is 14.7 Å². The number of nitrogens with one attached hydrogen (secondary N) is 1. The lowest BCUT2D eigenvalue weighted by atomic mass is 9.48. The van der Waals surface area contributed by atoms with Gasteiger partial charge in [-0.2, -0.15) is 0 Å². The molecular formula is C33H37N3O2. The highest BCUT2D eigenvalue weighted by molar-refractivity contribution is 5.90. The van der Waals surface area contributed by atoms with Gasteiger partial charge < -0.3 is 10.1 Å². The van der Waals surface area contributed by atoms with Gasteiger partial charge in [-0.1, -0.05) is 30.3 Å². The molecule has 5 aliphatic rings. The topological polar surface area (TPSA) is 64.1 Å². The second kappa shape index (κ2) is 9.52. The number of fused-ring (bicyclic) bond motifs is 3. The Morgan fingerprint density at radius 2 is 1.71 bits per heavy atom. The number of anilines is 1. The Kier molecular flexibility index (Phi) is 5.98. The molecule has 8 rings (SSSR count). The zero-order valence-electron chi connectivity index (χ0n) is 22.3. The number of hydrogen-bond acceptors (Lipinski definition) is 4. The Hall–Kier alpha value is -3.21. The van der Waals surface area contributed by atoms with E-state index in [0.29, 0.717) is 17.7 Å². The summed E-state index contributed by atoms with van der Waals surface area (Å²) in [6.45, 7) is 0. The Labute approximate surface area is 225 Å². The average Bonchev–Trinajstić information content (AvgIpc) is 2.91. The van der Waals surface area contributed by atoms with Crippen LogP contribution in [0.2, 0.25) is 0 Å². The van der Waals surface area contributed by atoms with Crippen molar-refractivity contribution >= 4 is 11.7 Å². The van der Waals surface area contributed by atoms with Gasteiger partial charge in [0.15, 0.2) is 5.82 Å². The molecule has 0 unspecified atom stereocenters. The third-order valence-electron chi connectivity index (χ3n) is 9.69. The van der Waals surface area contributed by atoms with Crippen LogP contribution in [0.3, 0.4) is 0 Å². The van der Waals surface area contributed by atoms with Crippen LogP contribution in [0.1, 0.15) is 67.5 Å². The zero-order valence-corrected chi connectivity index (χ0v) is 22.3. The molecule has 5 aliphatic carbocycles. The first-order valence-corrected chi connectivity index (χ1v) is 14.5. The first-order chi connectivity index (χ1) is 18.6. The van der Waals surface area contributed by atoms with Crippen molar-refractivity contribution in [3.63, 3.8) is 0 Å². The Morgan fingerprint density at radius 3 is 2.42 bits per heavy atom. The highest BCUT2D eigenvalue weighted by atomic mass is 16.5. The summed E-state index contributed by atoms with van der Waals surface area (Å²) >= 11 is 0. The number of nitrogens with zero attached hydrogens (tertiary/aromatic N) is 2. The quantitative estimate of drug-likeness (QED) is 0.392. The molecule has 1 amide bonds. The number of aromatic nitrogens is 2. The smallest absolute Gasteiger partial charge is 0.225 e. The summed E-state index contributed by atoms with van der Waals surface area (Å²) in [5.74, 6) is 4.25. The number of aryl methyl sites for hydroxylation is 3. The van der Waals surface area contributed by atoms with Gasteiger partial charge in [0.25, 0.3) is 0 Å². The fraction of sp³-hybridized carbons (Fsp3) is 0.485. The van der Waals surface area contributed by atoms with Gasteiger partial charge in [-0.25, -0.2) is 9.97 Å². The Morgan fingerprint density at radius 1 is 0.974 bits per heavy atom. The lowest BCUT2D eigenvalue weighted by Gasteiger charge is -2.57. The van der Waals surface area contributed by atoms with Gasteiger partial charge >= 0.3 is 0 Å². The normalized spacial score (nSPS) is 26.5. The maximum Gasteiger partial charge on any atom is 0.225 e. The number of rotatable bonds is 7. The summed E-state index contributed by atoms with van der Waals surface area (Å²) in [5.41, 5.74) is 6.91. The van der Waals surface area contributed by atoms with E-state index in [9.17, 15) is 4.79 Å². The molecule has 2 aromatic carbocycles. The number of benzene rings is 2. The van der Waals surface area contributed by atoms with Crippen molar-refractivity contribution in [3.8, 4) is 17.0 Å². The van der Waals surface area contributed by atoms with E-state index in [1.54, 1.807) is 7.11 Å². The maximum absolute atomic E-state index is 13.1. The van der Waals surface area contributed by atoms with Gasteiger partial charge in [0, 0.05) is 12.0 Å². The van der Waals surface area contributed by atoms with Crippen LogP contribution in [0.25, 0.3) is 11.3 Å². The van der Waals surface area contributed by atoms with E-state index < -0.39 is 0 Å². The monoisotopic (exact) mass is 507 g/mol. The fourth-order valence-electron chi connectivity index (χ4n) is 8.47. The van der Waals surface area contributed by atoms with Crippen LogP contribution in [-0.2, 0) is 30.5 Å². The van der Waals surface area contributed by atoms with Crippen molar-refractivity contribution in [1.82, 2.24) is 9.97 Å². The molecule has 0 spiro atoms. The minimum Gasteiger partial charge on any atom is -0.497 e. The Balaban J connectivity index is 1.21. The number of carbonyl (C=O) groups is 1. The van der Waals surface area contributed by atoms with E-state index in [2.05, 4.69) is 29.6 Å². The van der Waals surface area contributed by atoms with Crippen molar-refractivity contribution in [1.29, 1.82) is 0 Å². The number of carbonyl (C=O) groups excluding carboxylic acids is 1. The molecule has 1 N–H and O–H groups in total. The second-order valence-corrected chi connectivity index (χ2v) is 12.5. The standard InChI is InChI=1S/C33H37N3O2/c1-38-26-9-10-27-25(16-26)8-11-28-31(27)34-29(20-33-17-22-13-23(18-33)15-24(14-22)19-33)32(35-28)36-30(37)12-7-21-5-3-2-4-6-21/h2-6,9-10,16,22-24H,7-8,11-15,17-20H2,1H3,(H,35,36,37). The molecule has 38 heavy (non-hydrogen) atoms. The van der Waals surface area contributed by atoms with Gasteiger partial charge in [-0.05, 0) is 117 Å². The summed E-state index contributed by atoms with van der Waals surface area (Å²) in [7, 11) is 1.72. The molecule has 4 fully saturated rings. The van der Waals surface area contributed by atoms with Crippen molar-refractivity contribution in [2.45, 2.75) is 70.6 Å². The zero-order chi connectivity index (χ0) is 25.7. The second-order valence-electron chi connectivity index (χ2n) is 12.5. The molecule has 5 heteroatoms. The van der Waals surface area contributed by atoms with Crippen molar-refractivity contribution in [2.24, 2.45) is 23.2 Å². The van der Waals surface area contributed by atoms with Gasteiger partial charge in [0.05, 0.1) is 24.2 Å². The molecule has 0 saturated heterocycles. The molecular weight excluding hydrogens is 470 g/mol. The number of ether oxygens (including phenoxy) is 1. The molecule has 4 bridgehead atoms. The summed E-state index contributed by atoms with van der Waals surface area (Å²) in [5, 5.41) is 3.22. The maximum atomic E-state index is 13.1. The van der Waals surface area contributed by atoms with Crippen LogP contribution in [0.15, 0.2) is 48.5 Å². The molecule has 0 aliphatic heterocycles. The van der Waals surface area contributed by atoms with Crippen molar-refractivity contribution in [2.75, 3.05) is 12.4 Å². The summed E-state index contributed by atoms with van der Waals surface area (Å²) in [6.07, 6.45) is 12.0. The minimum absolute atomic E-state index is 0.0239. The highest BCUT2D eigenvalue weighted by Crippen LogP contribution is 2.61. The van der Waals surface area contributed by atoms with E-state index in [-0.39, 0.29) is 5.91 Å². The predicted octanol–water partition coefficient (Wildman–Crippen LogP) is 6.58. The van der Waals surface area contributed by atoms with E-state index in [0.717, 1.165) is 71.8 Å². The molecule has 196 valence electrons. The van der Waals surface area contributed by atoms with Crippen LogP contribution in [0.5, 0.6) is 5.75 Å². The fourth-order valence-corrected chi connectivity index (χ4v) is 8.47. The molecule has 1 aromatic heterocycles. The van der Waals surface area contributed by atoms with E-state index in [1.165, 1.54) is 49.7 Å². The van der Waals surface area contributed by atoms with Gasteiger partial charge in [0.2, 0.25) is 5.91 Å². The molecule has 3 aromatic rings. The van der Waals surface area contributed by atoms with Crippen LogP contribution < -0.4 is 10.1 Å². The van der Waals surface area contributed by atoms with E-state index in [1.807, 2.05) is 24.3 Å². The molecule has 0 atom stereocenters. The largest absolute Gasteiger partial charge is 0.497 e. The summed E-state index contributed by atoms with van der Waals surface area (Å²) in [4.78, 5) is 23.6. The highest BCUT2D eigenvalue weighted by Gasteiger charge is 2.51. The number of amides is 1. The molecule has 5 nitrogen and oxygen atoms in total. The Bertz CT molecular complexity index is 1330. The summed E-state index contributed by atoms with van der Waals surface area (Å²) < 4.78 is 5.49. The predicted molar refractivity (Wildman–Crippen MR) is 149 cm³/mol. The van der Waals surface area contributed by atoms with Gasteiger partial charge in [-0.15, -0.1) is 0 Å².